The standard InChI is InChI=1S/C15H24FN/c1-4-15(17-10-6-7-12(2)3)13-8-5-9-14(16)11-13/h5,8-9,11-12,15,17H,4,6-7,10H2,1-3H3. The normalized spacial score (nSPS) is 13.0. The maximum atomic E-state index is 13.1. The summed E-state index contributed by atoms with van der Waals surface area (Å²) in [6.45, 7) is 7.62. The van der Waals surface area contributed by atoms with Crippen LogP contribution in [-0.4, -0.2) is 6.54 Å². The van der Waals surface area contributed by atoms with Crippen molar-refractivity contribution in [3.8, 4) is 0 Å². The van der Waals surface area contributed by atoms with Gasteiger partial charge < -0.3 is 5.32 Å². The van der Waals surface area contributed by atoms with E-state index in [-0.39, 0.29) is 11.9 Å². The fourth-order valence-electron chi connectivity index (χ4n) is 2.01. The Morgan fingerprint density at radius 3 is 2.65 bits per heavy atom. The molecular formula is C15H24FN. The van der Waals surface area contributed by atoms with E-state index >= 15 is 0 Å². The Morgan fingerprint density at radius 1 is 1.29 bits per heavy atom. The molecule has 2 heteroatoms. The second-order valence-electron chi connectivity index (χ2n) is 5.01. The molecule has 96 valence electrons. The largest absolute Gasteiger partial charge is 0.310 e. The summed E-state index contributed by atoms with van der Waals surface area (Å²) < 4.78 is 13.1. The van der Waals surface area contributed by atoms with Crippen molar-refractivity contribution < 1.29 is 4.39 Å². The number of hydrogen-bond donors (Lipinski definition) is 1. The molecule has 0 aliphatic carbocycles. The molecule has 1 unspecified atom stereocenters. The first-order chi connectivity index (χ1) is 8.13. The van der Waals surface area contributed by atoms with E-state index in [9.17, 15) is 4.39 Å². The molecule has 1 aromatic rings. The van der Waals surface area contributed by atoms with Crippen molar-refractivity contribution in [1.29, 1.82) is 0 Å². The lowest BCUT2D eigenvalue weighted by molar-refractivity contribution is 0.472. The SMILES string of the molecule is CCC(NCCCC(C)C)c1cccc(F)c1. The Kier molecular flexibility index (Phi) is 6.20. The van der Waals surface area contributed by atoms with Crippen LogP contribution in [0.15, 0.2) is 24.3 Å². The highest BCUT2D eigenvalue weighted by Crippen LogP contribution is 2.17. The van der Waals surface area contributed by atoms with E-state index in [4.69, 9.17) is 0 Å². The van der Waals surface area contributed by atoms with Gasteiger partial charge in [0.15, 0.2) is 0 Å². The van der Waals surface area contributed by atoms with Crippen LogP contribution in [0.4, 0.5) is 4.39 Å². The summed E-state index contributed by atoms with van der Waals surface area (Å²) in [7, 11) is 0. The summed E-state index contributed by atoms with van der Waals surface area (Å²) >= 11 is 0. The monoisotopic (exact) mass is 237 g/mol. The van der Waals surface area contributed by atoms with Crippen LogP contribution in [0, 0.1) is 11.7 Å². The molecule has 0 spiro atoms. The highest BCUT2D eigenvalue weighted by molar-refractivity contribution is 5.19. The fourth-order valence-corrected chi connectivity index (χ4v) is 2.01. The van der Waals surface area contributed by atoms with Crippen LogP contribution in [0.3, 0.4) is 0 Å². The highest BCUT2D eigenvalue weighted by atomic mass is 19.1. The number of halogens is 1. The zero-order valence-corrected chi connectivity index (χ0v) is 11.2. The molecular weight excluding hydrogens is 213 g/mol. The minimum absolute atomic E-state index is 0.148. The first-order valence-corrected chi connectivity index (χ1v) is 6.62. The van der Waals surface area contributed by atoms with Gasteiger partial charge in [-0.25, -0.2) is 4.39 Å². The van der Waals surface area contributed by atoms with Gasteiger partial charge in [0.05, 0.1) is 0 Å². The van der Waals surface area contributed by atoms with E-state index in [1.54, 1.807) is 12.1 Å². The van der Waals surface area contributed by atoms with Crippen molar-refractivity contribution in [3.05, 3.63) is 35.6 Å². The van der Waals surface area contributed by atoms with Crippen LogP contribution in [0.2, 0.25) is 0 Å². The third-order valence-corrected chi connectivity index (χ3v) is 3.01. The van der Waals surface area contributed by atoms with Gasteiger partial charge in [-0.05, 0) is 49.4 Å². The van der Waals surface area contributed by atoms with Gasteiger partial charge in [0.2, 0.25) is 0 Å². The molecule has 0 aliphatic rings. The van der Waals surface area contributed by atoms with Crippen molar-refractivity contribution in [3.63, 3.8) is 0 Å². The van der Waals surface area contributed by atoms with Gasteiger partial charge in [-0.15, -0.1) is 0 Å². The summed E-state index contributed by atoms with van der Waals surface area (Å²) in [5, 5.41) is 3.50. The number of rotatable bonds is 7. The van der Waals surface area contributed by atoms with Crippen molar-refractivity contribution in [2.45, 2.75) is 46.1 Å². The van der Waals surface area contributed by atoms with Gasteiger partial charge in [0.1, 0.15) is 5.82 Å². The lowest BCUT2D eigenvalue weighted by atomic mass is 10.0. The summed E-state index contributed by atoms with van der Waals surface area (Å²) in [6.07, 6.45) is 3.42. The van der Waals surface area contributed by atoms with Crippen LogP contribution in [0.25, 0.3) is 0 Å². The van der Waals surface area contributed by atoms with Crippen LogP contribution >= 0.6 is 0 Å². The molecule has 0 saturated carbocycles. The number of benzene rings is 1. The molecule has 0 heterocycles. The van der Waals surface area contributed by atoms with Gasteiger partial charge >= 0.3 is 0 Å². The lowest BCUT2D eigenvalue weighted by Crippen LogP contribution is -2.22. The average Bonchev–Trinajstić information content (AvgIpc) is 2.29. The van der Waals surface area contributed by atoms with E-state index in [2.05, 4.69) is 26.1 Å². The molecule has 0 fully saturated rings. The summed E-state index contributed by atoms with van der Waals surface area (Å²) in [5.41, 5.74) is 1.05. The minimum atomic E-state index is -0.148. The Hall–Kier alpha value is -0.890. The highest BCUT2D eigenvalue weighted by Gasteiger charge is 2.08. The van der Waals surface area contributed by atoms with Crippen molar-refractivity contribution in [2.75, 3.05) is 6.54 Å². The van der Waals surface area contributed by atoms with Crippen LogP contribution in [-0.2, 0) is 0 Å². The maximum absolute atomic E-state index is 13.1. The van der Waals surface area contributed by atoms with E-state index < -0.39 is 0 Å². The van der Waals surface area contributed by atoms with Gasteiger partial charge in [-0.1, -0.05) is 32.9 Å². The third-order valence-electron chi connectivity index (χ3n) is 3.01. The molecule has 1 nitrogen and oxygen atoms in total. The second-order valence-corrected chi connectivity index (χ2v) is 5.01. The first-order valence-electron chi connectivity index (χ1n) is 6.62. The van der Waals surface area contributed by atoms with Crippen molar-refractivity contribution in [1.82, 2.24) is 5.32 Å². The Bertz CT molecular complexity index is 322. The van der Waals surface area contributed by atoms with E-state index in [0.717, 1.165) is 24.4 Å². The Labute approximate surface area is 104 Å². The quantitative estimate of drug-likeness (QED) is 0.697. The minimum Gasteiger partial charge on any atom is -0.310 e. The Balaban J connectivity index is 2.43. The third kappa shape index (κ3) is 5.31. The molecule has 0 aliphatic heterocycles. The van der Waals surface area contributed by atoms with Crippen LogP contribution in [0.5, 0.6) is 0 Å². The smallest absolute Gasteiger partial charge is 0.123 e. The van der Waals surface area contributed by atoms with Crippen LogP contribution in [0.1, 0.15) is 51.6 Å². The second kappa shape index (κ2) is 7.44. The van der Waals surface area contributed by atoms with Crippen molar-refractivity contribution >= 4 is 0 Å². The molecule has 0 radical (unpaired) electrons. The maximum Gasteiger partial charge on any atom is 0.123 e. The Morgan fingerprint density at radius 2 is 2.06 bits per heavy atom. The average molecular weight is 237 g/mol. The summed E-state index contributed by atoms with van der Waals surface area (Å²) in [5.74, 6) is 0.607. The van der Waals surface area contributed by atoms with Gasteiger partial charge in [-0.3, -0.25) is 0 Å². The van der Waals surface area contributed by atoms with Crippen molar-refractivity contribution in [2.24, 2.45) is 5.92 Å². The molecule has 1 N–H and O–H groups in total. The molecule has 1 atom stereocenters. The predicted octanol–water partition coefficient (Wildman–Crippen LogP) is 4.30. The molecule has 0 saturated heterocycles. The van der Waals surface area contributed by atoms with Gasteiger partial charge in [0.25, 0.3) is 0 Å². The van der Waals surface area contributed by atoms with E-state index in [1.807, 2.05) is 6.07 Å². The number of nitrogens with one attached hydrogen (secondary N) is 1. The van der Waals surface area contributed by atoms with Crippen LogP contribution < -0.4 is 5.32 Å². The zero-order valence-electron chi connectivity index (χ0n) is 11.2. The molecule has 0 bridgehead atoms. The lowest BCUT2D eigenvalue weighted by Gasteiger charge is -2.17. The molecule has 0 aromatic heterocycles. The molecule has 0 amide bonds. The topological polar surface area (TPSA) is 12.0 Å². The molecule has 1 aromatic carbocycles. The molecule has 17 heavy (non-hydrogen) atoms. The van der Waals surface area contributed by atoms with E-state index in [0.29, 0.717) is 0 Å². The fraction of sp³-hybridized carbons (Fsp3) is 0.600. The predicted molar refractivity (Wildman–Crippen MR) is 71.5 cm³/mol. The number of hydrogen-bond acceptors (Lipinski definition) is 1. The summed E-state index contributed by atoms with van der Waals surface area (Å²) in [4.78, 5) is 0. The summed E-state index contributed by atoms with van der Waals surface area (Å²) in [6, 6.07) is 7.17. The molecule has 1 rings (SSSR count). The zero-order chi connectivity index (χ0) is 12.7. The van der Waals surface area contributed by atoms with E-state index in [1.165, 1.54) is 18.9 Å². The first kappa shape index (κ1) is 14.2. The van der Waals surface area contributed by atoms with Gasteiger partial charge in [-0.2, -0.15) is 0 Å². The van der Waals surface area contributed by atoms with Gasteiger partial charge in [0, 0.05) is 6.04 Å².